The number of benzene rings is 1. The first-order chi connectivity index (χ1) is 11.5. The van der Waals surface area contributed by atoms with Crippen LogP contribution in [0.25, 0.3) is 0 Å². The molecule has 1 atom stereocenters. The number of carbonyl (C=O) groups is 2. The third kappa shape index (κ3) is 3.47. The molecule has 2 heterocycles. The number of rotatable bonds is 4. The van der Waals surface area contributed by atoms with Gasteiger partial charge in [0.15, 0.2) is 0 Å². The van der Waals surface area contributed by atoms with Crippen LogP contribution in [0.1, 0.15) is 12.0 Å². The van der Waals surface area contributed by atoms with Crippen LogP contribution in [-0.2, 0) is 6.42 Å². The van der Waals surface area contributed by atoms with E-state index < -0.39 is 18.2 Å². The highest BCUT2D eigenvalue weighted by Gasteiger charge is 2.32. The van der Waals surface area contributed by atoms with Crippen molar-refractivity contribution < 1.29 is 29.3 Å². The van der Waals surface area contributed by atoms with Gasteiger partial charge in [0.25, 0.3) is 0 Å². The van der Waals surface area contributed by atoms with E-state index in [1.165, 1.54) is 9.80 Å². The molecule has 2 amide bonds. The highest BCUT2D eigenvalue weighted by Crippen LogP contribution is 2.29. The highest BCUT2D eigenvalue weighted by molar-refractivity contribution is 5.68. The molecule has 0 aromatic heterocycles. The number of fused-ring (bicyclic) bond motifs is 1. The van der Waals surface area contributed by atoms with Crippen molar-refractivity contribution in [3.8, 4) is 11.5 Å². The maximum atomic E-state index is 11.3. The molecule has 8 heteroatoms. The lowest BCUT2D eigenvalue weighted by molar-refractivity contribution is 0.0562. The summed E-state index contributed by atoms with van der Waals surface area (Å²) in [5.74, 6) is 1.59. The van der Waals surface area contributed by atoms with E-state index in [1.807, 2.05) is 18.2 Å². The van der Waals surface area contributed by atoms with E-state index in [0.717, 1.165) is 17.7 Å². The topological polar surface area (TPSA) is 99.5 Å². The quantitative estimate of drug-likeness (QED) is 0.869. The van der Waals surface area contributed by atoms with Gasteiger partial charge in [0.1, 0.15) is 11.5 Å². The number of hydrogen-bond acceptors (Lipinski definition) is 4. The molecule has 0 unspecified atom stereocenters. The van der Waals surface area contributed by atoms with Gasteiger partial charge in [0, 0.05) is 38.0 Å². The number of nitrogens with zero attached hydrogens (tertiary/aromatic N) is 2. The molecule has 8 nitrogen and oxygen atoms in total. The second-order valence-electron chi connectivity index (χ2n) is 5.86. The molecule has 0 radical (unpaired) electrons. The lowest BCUT2D eigenvalue weighted by Gasteiger charge is -2.38. The normalized spacial score (nSPS) is 19.6. The van der Waals surface area contributed by atoms with Crippen LogP contribution in [0, 0.1) is 0 Å². The van der Waals surface area contributed by atoms with Crippen LogP contribution in [-0.4, -0.2) is 71.1 Å². The Balaban J connectivity index is 1.56. The van der Waals surface area contributed by atoms with E-state index in [2.05, 4.69) is 0 Å². The van der Waals surface area contributed by atoms with E-state index in [9.17, 15) is 14.7 Å². The van der Waals surface area contributed by atoms with Crippen molar-refractivity contribution >= 4 is 12.2 Å². The molecular weight excluding hydrogens is 316 g/mol. The zero-order valence-corrected chi connectivity index (χ0v) is 13.2. The molecule has 2 aliphatic heterocycles. The van der Waals surface area contributed by atoms with Gasteiger partial charge >= 0.3 is 12.2 Å². The Hall–Kier alpha value is -2.64. The van der Waals surface area contributed by atoms with Crippen molar-refractivity contribution in [2.75, 3.05) is 32.8 Å². The summed E-state index contributed by atoms with van der Waals surface area (Å²) in [6.45, 7) is 1.55. The number of carboxylic acid groups (broad SMARTS) is 2. The molecule has 1 saturated heterocycles. The molecule has 0 bridgehead atoms. The third-order valence-electron chi connectivity index (χ3n) is 4.38. The van der Waals surface area contributed by atoms with Crippen LogP contribution in [0.3, 0.4) is 0 Å². The van der Waals surface area contributed by atoms with Crippen LogP contribution in [0.4, 0.5) is 9.59 Å². The second-order valence-corrected chi connectivity index (χ2v) is 5.86. The summed E-state index contributed by atoms with van der Waals surface area (Å²) in [6, 6.07) is 5.23. The molecule has 0 aliphatic carbocycles. The standard InChI is InChI=1S/C16H20N2O6/c19-15(20)17-5-6-18(16(21)22)12(10-17)4-8-23-13-1-2-14-11(9-13)3-7-24-14/h1-2,9,12H,3-8,10H2,(H,19,20)(H,21,22)/t12-/m1/s1. The first-order valence-corrected chi connectivity index (χ1v) is 7.90. The maximum absolute atomic E-state index is 11.3. The van der Waals surface area contributed by atoms with Gasteiger partial charge in [-0.15, -0.1) is 0 Å². The van der Waals surface area contributed by atoms with Crippen LogP contribution >= 0.6 is 0 Å². The summed E-state index contributed by atoms with van der Waals surface area (Å²) >= 11 is 0. The van der Waals surface area contributed by atoms with Crippen LogP contribution in [0.2, 0.25) is 0 Å². The van der Waals surface area contributed by atoms with Crippen molar-refractivity contribution in [1.82, 2.24) is 9.80 Å². The molecule has 2 aliphatic rings. The summed E-state index contributed by atoms with van der Waals surface area (Å²) < 4.78 is 11.2. The molecule has 3 rings (SSSR count). The minimum Gasteiger partial charge on any atom is -0.494 e. The summed E-state index contributed by atoms with van der Waals surface area (Å²) in [6.07, 6.45) is -0.761. The van der Waals surface area contributed by atoms with Crippen LogP contribution < -0.4 is 9.47 Å². The average molecular weight is 336 g/mol. The molecule has 1 fully saturated rings. The van der Waals surface area contributed by atoms with Gasteiger partial charge in [-0.3, -0.25) is 0 Å². The van der Waals surface area contributed by atoms with Crippen molar-refractivity contribution in [2.24, 2.45) is 0 Å². The SMILES string of the molecule is O=C(O)N1CCN(C(=O)O)[C@H](CCOc2ccc3c(c2)CCO3)C1. The molecule has 0 spiro atoms. The van der Waals surface area contributed by atoms with E-state index in [1.54, 1.807) is 0 Å². The monoisotopic (exact) mass is 336 g/mol. The molecular formula is C16H20N2O6. The Kier molecular flexibility index (Phi) is 4.64. The number of amides is 2. The Morgan fingerprint density at radius 3 is 2.83 bits per heavy atom. The molecule has 130 valence electrons. The van der Waals surface area contributed by atoms with E-state index in [4.69, 9.17) is 14.6 Å². The van der Waals surface area contributed by atoms with E-state index in [0.29, 0.717) is 25.4 Å². The zero-order chi connectivity index (χ0) is 17.1. The smallest absolute Gasteiger partial charge is 0.407 e. The van der Waals surface area contributed by atoms with Crippen molar-refractivity contribution in [3.05, 3.63) is 23.8 Å². The fraction of sp³-hybridized carbons (Fsp3) is 0.500. The fourth-order valence-electron chi connectivity index (χ4n) is 3.09. The summed E-state index contributed by atoms with van der Waals surface area (Å²) in [5.41, 5.74) is 1.11. The van der Waals surface area contributed by atoms with Crippen molar-refractivity contribution in [2.45, 2.75) is 18.9 Å². The zero-order valence-electron chi connectivity index (χ0n) is 13.2. The minimum absolute atomic E-state index is 0.170. The Labute approximate surface area is 139 Å². The minimum atomic E-state index is -1.03. The molecule has 0 saturated carbocycles. The highest BCUT2D eigenvalue weighted by atomic mass is 16.5. The fourth-order valence-corrected chi connectivity index (χ4v) is 3.09. The average Bonchev–Trinajstić information content (AvgIpc) is 3.02. The Morgan fingerprint density at radius 1 is 1.25 bits per heavy atom. The first-order valence-electron chi connectivity index (χ1n) is 7.90. The predicted octanol–water partition coefficient (Wildman–Crippen LogP) is 1.73. The lowest BCUT2D eigenvalue weighted by atomic mass is 10.1. The first kappa shape index (κ1) is 16.2. The van der Waals surface area contributed by atoms with Crippen LogP contribution in [0.5, 0.6) is 11.5 Å². The van der Waals surface area contributed by atoms with Gasteiger partial charge in [0.05, 0.1) is 19.3 Å². The van der Waals surface area contributed by atoms with Crippen molar-refractivity contribution in [3.63, 3.8) is 0 Å². The second kappa shape index (κ2) is 6.86. The summed E-state index contributed by atoms with van der Waals surface area (Å²) in [4.78, 5) is 24.9. The summed E-state index contributed by atoms with van der Waals surface area (Å²) in [7, 11) is 0. The number of piperazine rings is 1. The number of ether oxygens (including phenoxy) is 2. The van der Waals surface area contributed by atoms with Gasteiger partial charge in [0.2, 0.25) is 0 Å². The Morgan fingerprint density at radius 2 is 2.08 bits per heavy atom. The molecule has 1 aromatic rings. The van der Waals surface area contributed by atoms with Gasteiger partial charge in [-0.25, -0.2) is 9.59 Å². The van der Waals surface area contributed by atoms with Crippen molar-refractivity contribution in [1.29, 1.82) is 0 Å². The number of hydrogen-bond donors (Lipinski definition) is 2. The lowest BCUT2D eigenvalue weighted by Crippen LogP contribution is -2.56. The van der Waals surface area contributed by atoms with Gasteiger partial charge < -0.3 is 29.5 Å². The molecule has 24 heavy (non-hydrogen) atoms. The van der Waals surface area contributed by atoms with E-state index in [-0.39, 0.29) is 19.6 Å². The summed E-state index contributed by atoms with van der Waals surface area (Å²) in [5, 5.41) is 18.4. The predicted molar refractivity (Wildman–Crippen MR) is 83.9 cm³/mol. The van der Waals surface area contributed by atoms with Crippen LogP contribution in [0.15, 0.2) is 18.2 Å². The maximum Gasteiger partial charge on any atom is 0.407 e. The Bertz CT molecular complexity index is 635. The third-order valence-corrected chi connectivity index (χ3v) is 4.38. The van der Waals surface area contributed by atoms with E-state index >= 15 is 0 Å². The molecule has 1 aromatic carbocycles. The largest absolute Gasteiger partial charge is 0.494 e. The van der Waals surface area contributed by atoms with Gasteiger partial charge in [-0.2, -0.15) is 0 Å². The van der Waals surface area contributed by atoms with Gasteiger partial charge in [-0.05, 0) is 18.2 Å². The molecule has 2 N–H and O–H groups in total. The van der Waals surface area contributed by atoms with Gasteiger partial charge in [-0.1, -0.05) is 0 Å².